The van der Waals surface area contributed by atoms with Crippen LogP contribution in [0.15, 0.2) is 0 Å². The SMILES string of the molecule is CC1CCC([C@H]2CC[C@H](C)CC2)CC[C@H]1C#N. The Kier molecular flexibility index (Phi) is 4.48. The minimum Gasteiger partial charge on any atom is -0.198 e. The first-order chi connectivity index (χ1) is 8.20. The molecule has 1 heteroatoms. The summed E-state index contributed by atoms with van der Waals surface area (Å²) in [5, 5.41) is 9.17. The summed E-state index contributed by atoms with van der Waals surface area (Å²) < 4.78 is 0. The molecule has 2 saturated carbocycles. The summed E-state index contributed by atoms with van der Waals surface area (Å²) in [6, 6.07) is 2.52. The molecule has 0 aromatic carbocycles. The molecule has 0 aliphatic heterocycles. The second kappa shape index (κ2) is 5.89. The van der Waals surface area contributed by atoms with Gasteiger partial charge in [-0.2, -0.15) is 5.26 Å². The van der Waals surface area contributed by atoms with Crippen LogP contribution >= 0.6 is 0 Å². The van der Waals surface area contributed by atoms with E-state index in [2.05, 4.69) is 19.9 Å². The molecule has 0 aromatic rings. The van der Waals surface area contributed by atoms with Gasteiger partial charge in [0.25, 0.3) is 0 Å². The van der Waals surface area contributed by atoms with Crippen molar-refractivity contribution >= 4 is 0 Å². The van der Waals surface area contributed by atoms with Crippen LogP contribution in [0.4, 0.5) is 0 Å². The van der Waals surface area contributed by atoms with Crippen LogP contribution in [0.25, 0.3) is 0 Å². The van der Waals surface area contributed by atoms with Gasteiger partial charge in [-0.15, -0.1) is 0 Å². The van der Waals surface area contributed by atoms with Gasteiger partial charge in [-0.25, -0.2) is 0 Å². The third-order valence-corrected chi connectivity index (χ3v) is 5.42. The average molecular weight is 233 g/mol. The van der Waals surface area contributed by atoms with E-state index in [0.29, 0.717) is 11.8 Å². The highest BCUT2D eigenvalue weighted by Crippen LogP contribution is 2.41. The Labute approximate surface area is 107 Å². The maximum absolute atomic E-state index is 9.17. The van der Waals surface area contributed by atoms with Crippen LogP contribution in [0.2, 0.25) is 0 Å². The van der Waals surface area contributed by atoms with Crippen LogP contribution in [0.3, 0.4) is 0 Å². The van der Waals surface area contributed by atoms with Crippen molar-refractivity contribution in [3.8, 4) is 6.07 Å². The van der Waals surface area contributed by atoms with Crippen LogP contribution in [0.5, 0.6) is 0 Å². The Hall–Kier alpha value is -0.510. The molecule has 1 nitrogen and oxygen atoms in total. The topological polar surface area (TPSA) is 23.8 Å². The zero-order chi connectivity index (χ0) is 12.3. The molecular weight excluding hydrogens is 206 g/mol. The monoisotopic (exact) mass is 233 g/mol. The fourth-order valence-corrected chi connectivity index (χ4v) is 3.92. The molecule has 3 atom stereocenters. The first-order valence-corrected chi connectivity index (χ1v) is 7.60. The van der Waals surface area contributed by atoms with Gasteiger partial charge >= 0.3 is 0 Å². The van der Waals surface area contributed by atoms with Crippen molar-refractivity contribution in [3.63, 3.8) is 0 Å². The third-order valence-electron chi connectivity index (χ3n) is 5.42. The van der Waals surface area contributed by atoms with Crippen LogP contribution in [-0.4, -0.2) is 0 Å². The minimum absolute atomic E-state index is 0.336. The van der Waals surface area contributed by atoms with Crippen molar-refractivity contribution in [2.75, 3.05) is 0 Å². The first kappa shape index (κ1) is 12.9. The van der Waals surface area contributed by atoms with Crippen LogP contribution in [0.1, 0.15) is 65.2 Å². The number of hydrogen-bond acceptors (Lipinski definition) is 1. The number of nitrogens with zero attached hydrogens (tertiary/aromatic N) is 1. The maximum Gasteiger partial charge on any atom is 0.0658 e. The lowest BCUT2D eigenvalue weighted by Gasteiger charge is -2.32. The zero-order valence-electron chi connectivity index (χ0n) is 11.5. The molecular formula is C16H27N. The number of hydrogen-bond donors (Lipinski definition) is 0. The zero-order valence-corrected chi connectivity index (χ0v) is 11.5. The van der Waals surface area contributed by atoms with E-state index in [1.165, 1.54) is 44.9 Å². The lowest BCUT2D eigenvalue weighted by atomic mass is 9.74. The van der Waals surface area contributed by atoms with Gasteiger partial charge in [0.15, 0.2) is 0 Å². The Balaban J connectivity index is 1.88. The van der Waals surface area contributed by atoms with Crippen molar-refractivity contribution < 1.29 is 0 Å². The van der Waals surface area contributed by atoms with E-state index in [4.69, 9.17) is 5.26 Å². The summed E-state index contributed by atoms with van der Waals surface area (Å²) in [7, 11) is 0. The van der Waals surface area contributed by atoms with Gasteiger partial charge < -0.3 is 0 Å². The van der Waals surface area contributed by atoms with Crippen molar-refractivity contribution in [1.82, 2.24) is 0 Å². The fourth-order valence-electron chi connectivity index (χ4n) is 3.92. The van der Waals surface area contributed by atoms with Gasteiger partial charge in [-0.05, 0) is 62.2 Å². The van der Waals surface area contributed by atoms with E-state index in [-0.39, 0.29) is 0 Å². The summed E-state index contributed by atoms with van der Waals surface area (Å²) in [4.78, 5) is 0. The smallest absolute Gasteiger partial charge is 0.0658 e. The molecule has 96 valence electrons. The summed E-state index contributed by atoms with van der Waals surface area (Å²) in [5.74, 6) is 3.84. The molecule has 0 heterocycles. The molecule has 2 aliphatic carbocycles. The van der Waals surface area contributed by atoms with Crippen LogP contribution in [-0.2, 0) is 0 Å². The fraction of sp³-hybridized carbons (Fsp3) is 0.938. The van der Waals surface area contributed by atoms with Gasteiger partial charge in [-0.1, -0.05) is 26.7 Å². The molecule has 0 radical (unpaired) electrons. The second-order valence-corrected chi connectivity index (χ2v) is 6.65. The van der Waals surface area contributed by atoms with E-state index in [0.717, 1.165) is 24.2 Å². The molecule has 0 saturated heterocycles. The van der Waals surface area contributed by atoms with Gasteiger partial charge in [0, 0.05) is 5.92 Å². The minimum atomic E-state index is 0.336. The maximum atomic E-state index is 9.17. The molecule has 2 rings (SSSR count). The standard InChI is InChI=1S/C16H27N/c1-12-3-6-14(7-4-12)15-8-5-13(2)16(11-17)10-9-15/h12-16H,3-10H2,1-2H3/t12-,13?,14-,15?,16-/m0/s1. The van der Waals surface area contributed by atoms with Gasteiger partial charge in [0.2, 0.25) is 0 Å². The summed E-state index contributed by atoms with van der Waals surface area (Å²) in [6.07, 6.45) is 11.0. The van der Waals surface area contributed by atoms with Crippen molar-refractivity contribution in [1.29, 1.82) is 5.26 Å². The van der Waals surface area contributed by atoms with Crippen LogP contribution < -0.4 is 0 Å². The molecule has 0 bridgehead atoms. The lowest BCUT2D eigenvalue weighted by molar-refractivity contribution is 0.195. The summed E-state index contributed by atoms with van der Waals surface area (Å²) >= 11 is 0. The normalized spacial score (nSPS) is 43.7. The molecule has 2 unspecified atom stereocenters. The Morgan fingerprint density at radius 3 is 1.88 bits per heavy atom. The van der Waals surface area contributed by atoms with E-state index in [9.17, 15) is 0 Å². The van der Waals surface area contributed by atoms with Gasteiger partial charge in [0.05, 0.1) is 6.07 Å². The van der Waals surface area contributed by atoms with E-state index < -0.39 is 0 Å². The summed E-state index contributed by atoms with van der Waals surface area (Å²) in [5.41, 5.74) is 0. The molecule has 0 amide bonds. The van der Waals surface area contributed by atoms with Crippen LogP contribution in [0, 0.1) is 40.9 Å². The van der Waals surface area contributed by atoms with Crippen molar-refractivity contribution in [3.05, 3.63) is 0 Å². The predicted molar refractivity (Wildman–Crippen MR) is 71.3 cm³/mol. The molecule has 0 N–H and O–H groups in total. The van der Waals surface area contributed by atoms with Gasteiger partial charge in [0.1, 0.15) is 0 Å². The highest BCUT2D eigenvalue weighted by molar-refractivity contribution is 4.90. The molecule has 17 heavy (non-hydrogen) atoms. The Morgan fingerprint density at radius 2 is 1.29 bits per heavy atom. The Morgan fingerprint density at radius 1 is 0.765 bits per heavy atom. The Bertz CT molecular complexity index is 270. The average Bonchev–Trinajstić information content (AvgIpc) is 2.52. The number of nitriles is 1. The highest BCUT2D eigenvalue weighted by Gasteiger charge is 2.30. The second-order valence-electron chi connectivity index (χ2n) is 6.65. The number of rotatable bonds is 1. The predicted octanol–water partition coefficient (Wildman–Crippen LogP) is 4.78. The summed E-state index contributed by atoms with van der Waals surface area (Å²) in [6.45, 7) is 4.68. The lowest BCUT2D eigenvalue weighted by Crippen LogP contribution is -2.20. The third kappa shape index (κ3) is 3.24. The van der Waals surface area contributed by atoms with E-state index in [1.54, 1.807) is 0 Å². The largest absolute Gasteiger partial charge is 0.198 e. The van der Waals surface area contributed by atoms with E-state index in [1.807, 2.05) is 0 Å². The van der Waals surface area contributed by atoms with Gasteiger partial charge in [-0.3, -0.25) is 0 Å². The highest BCUT2D eigenvalue weighted by atomic mass is 14.4. The van der Waals surface area contributed by atoms with Crippen molar-refractivity contribution in [2.24, 2.45) is 29.6 Å². The molecule has 0 aromatic heterocycles. The quantitative estimate of drug-likeness (QED) is 0.598. The first-order valence-electron chi connectivity index (χ1n) is 7.60. The molecule has 2 aliphatic rings. The molecule has 2 fully saturated rings. The molecule has 0 spiro atoms. The van der Waals surface area contributed by atoms with Crippen molar-refractivity contribution in [2.45, 2.75) is 65.2 Å². The van der Waals surface area contributed by atoms with E-state index >= 15 is 0 Å².